The molecule has 1 aliphatic rings. The van der Waals surface area contributed by atoms with E-state index in [1.54, 1.807) is 6.07 Å². The molecule has 1 aliphatic carbocycles. The molecule has 1 nitrogen and oxygen atoms in total. The third-order valence-electron chi connectivity index (χ3n) is 4.98. The van der Waals surface area contributed by atoms with Gasteiger partial charge in [-0.2, -0.15) is 0 Å². The molecule has 3 aromatic rings. The number of benzene rings is 2. The Balaban J connectivity index is 1.53. The van der Waals surface area contributed by atoms with E-state index in [2.05, 4.69) is 31.2 Å². The zero-order valence-electron chi connectivity index (χ0n) is 15.0. The average molecular weight is 367 g/mol. The van der Waals surface area contributed by atoms with Crippen molar-refractivity contribution in [2.45, 2.75) is 45.1 Å². The first-order valence-electron chi connectivity index (χ1n) is 9.38. The number of hydrogen-bond acceptors (Lipinski definition) is 2. The lowest BCUT2D eigenvalue weighted by molar-refractivity contribution is 0.125. The van der Waals surface area contributed by atoms with Gasteiger partial charge in [0.25, 0.3) is 0 Å². The molecule has 0 radical (unpaired) electrons. The monoisotopic (exact) mass is 366 g/mol. The molecular weight excluding hydrogens is 343 g/mol. The van der Waals surface area contributed by atoms with Crippen LogP contribution in [0.1, 0.15) is 38.2 Å². The second-order valence-corrected chi connectivity index (χ2v) is 7.98. The summed E-state index contributed by atoms with van der Waals surface area (Å²) in [5.74, 6) is -0.183. The Morgan fingerprint density at radius 1 is 1.00 bits per heavy atom. The fourth-order valence-electron chi connectivity index (χ4n) is 3.23. The van der Waals surface area contributed by atoms with Crippen molar-refractivity contribution in [3.63, 3.8) is 0 Å². The van der Waals surface area contributed by atoms with E-state index in [4.69, 9.17) is 4.74 Å². The molecule has 134 valence electrons. The quantitative estimate of drug-likeness (QED) is 0.452. The predicted molar refractivity (Wildman–Crippen MR) is 107 cm³/mol. The summed E-state index contributed by atoms with van der Waals surface area (Å²) in [6, 6.07) is 17.8. The van der Waals surface area contributed by atoms with Gasteiger partial charge in [-0.3, -0.25) is 0 Å². The zero-order chi connectivity index (χ0) is 17.9. The number of hydrogen-bond donors (Lipinski definition) is 0. The Hall–Kier alpha value is -2.13. The average Bonchev–Trinajstić information content (AvgIpc) is 3.07. The van der Waals surface area contributed by atoms with Gasteiger partial charge in [-0.25, -0.2) is 4.39 Å². The van der Waals surface area contributed by atoms with Gasteiger partial charge in [-0.15, -0.1) is 0 Å². The summed E-state index contributed by atoms with van der Waals surface area (Å²) in [6.45, 7) is 2.18. The molecule has 0 bridgehead atoms. The van der Waals surface area contributed by atoms with E-state index in [-0.39, 0.29) is 5.82 Å². The maximum absolute atomic E-state index is 14.7. The second-order valence-electron chi connectivity index (χ2n) is 6.93. The molecule has 1 heterocycles. The van der Waals surface area contributed by atoms with Crippen molar-refractivity contribution in [1.29, 1.82) is 0 Å². The van der Waals surface area contributed by atoms with Crippen molar-refractivity contribution in [2.24, 2.45) is 0 Å². The highest BCUT2D eigenvalue weighted by Gasteiger charge is 2.20. The Kier molecular flexibility index (Phi) is 5.07. The standard InChI is InChI=1S/C23H23FOS/c1-2-4-16-7-9-17(10-8-16)18-11-12-20(21(24)15-18)22-13-14-23(26-22)25-19-5-3-6-19/h7-15,19H,2-6H2,1H3. The van der Waals surface area contributed by atoms with Crippen molar-refractivity contribution in [2.75, 3.05) is 0 Å². The minimum absolute atomic E-state index is 0.183. The smallest absolute Gasteiger partial charge is 0.174 e. The number of aryl methyl sites for hydroxylation is 1. The van der Waals surface area contributed by atoms with Gasteiger partial charge in [0.05, 0.1) is 6.10 Å². The lowest BCUT2D eigenvalue weighted by Gasteiger charge is -2.25. The maximum atomic E-state index is 14.7. The summed E-state index contributed by atoms with van der Waals surface area (Å²) >= 11 is 1.52. The zero-order valence-corrected chi connectivity index (χ0v) is 15.8. The Labute approximate surface area is 158 Å². The second kappa shape index (κ2) is 7.63. The molecule has 26 heavy (non-hydrogen) atoms. The van der Waals surface area contributed by atoms with Crippen LogP contribution in [0, 0.1) is 5.82 Å². The summed E-state index contributed by atoms with van der Waals surface area (Å²) in [7, 11) is 0. The lowest BCUT2D eigenvalue weighted by atomic mass is 9.96. The van der Waals surface area contributed by atoms with Crippen LogP contribution in [0.2, 0.25) is 0 Å². The van der Waals surface area contributed by atoms with E-state index in [0.29, 0.717) is 11.7 Å². The molecule has 1 aromatic heterocycles. The van der Waals surface area contributed by atoms with Crippen molar-refractivity contribution < 1.29 is 9.13 Å². The SMILES string of the molecule is CCCc1ccc(-c2ccc(-c3ccc(OC4CCC4)s3)c(F)c2)cc1. The molecular formula is C23H23FOS. The molecule has 1 fully saturated rings. The normalized spacial score (nSPS) is 14.2. The fraction of sp³-hybridized carbons (Fsp3) is 0.304. The van der Waals surface area contributed by atoms with Crippen molar-refractivity contribution in [1.82, 2.24) is 0 Å². The summed E-state index contributed by atoms with van der Waals surface area (Å²) in [4.78, 5) is 0.918. The summed E-state index contributed by atoms with van der Waals surface area (Å²) < 4.78 is 20.6. The molecule has 0 atom stereocenters. The van der Waals surface area contributed by atoms with Gasteiger partial charge in [0.2, 0.25) is 0 Å². The molecule has 0 aliphatic heterocycles. The molecule has 4 rings (SSSR count). The third-order valence-corrected chi connectivity index (χ3v) is 5.99. The number of halogens is 1. The third kappa shape index (κ3) is 3.68. The molecule has 0 saturated heterocycles. The Bertz CT molecular complexity index is 877. The number of thiophene rings is 1. The van der Waals surface area contributed by atoms with Crippen LogP contribution in [0.5, 0.6) is 5.06 Å². The Morgan fingerprint density at radius 3 is 2.42 bits per heavy atom. The van der Waals surface area contributed by atoms with Gasteiger partial charge in [0, 0.05) is 10.4 Å². The van der Waals surface area contributed by atoms with Gasteiger partial charge < -0.3 is 4.74 Å². The molecule has 0 N–H and O–H groups in total. The van der Waals surface area contributed by atoms with E-state index in [9.17, 15) is 4.39 Å². The van der Waals surface area contributed by atoms with Gasteiger partial charge >= 0.3 is 0 Å². The topological polar surface area (TPSA) is 9.23 Å². The minimum Gasteiger partial charge on any atom is -0.481 e. The maximum Gasteiger partial charge on any atom is 0.174 e. The number of rotatable bonds is 6. The van der Waals surface area contributed by atoms with E-state index in [1.165, 1.54) is 23.3 Å². The molecule has 0 amide bonds. The van der Waals surface area contributed by atoms with Crippen molar-refractivity contribution in [3.05, 3.63) is 66.0 Å². The highest BCUT2D eigenvalue weighted by molar-refractivity contribution is 7.17. The van der Waals surface area contributed by atoms with Crippen LogP contribution in [-0.2, 0) is 6.42 Å². The first-order chi connectivity index (χ1) is 12.7. The molecule has 2 aromatic carbocycles. The van der Waals surface area contributed by atoms with E-state index in [0.717, 1.165) is 46.8 Å². The van der Waals surface area contributed by atoms with Crippen LogP contribution < -0.4 is 4.74 Å². The van der Waals surface area contributed by atoms with Gasteiger partial charge in [0.15, 0.2) is 5.06 Å². The van der Waals surface area contributed by atoms with Gasteiger partial charge in [-0.1, -0.05) is 55.0 Å². The molecule has 3 heteroatoms. The van der Waals surface area contributed by atoms with Crippen LogP contribution in [0.4, 0.5) is 4.39 Å². The highest BCUT2D eigenvalue weighted by atomic mass is 32.1. The van der Waals surface area contributed by atoms with E-state index < -0.39 is 0 Å². The van der Waals surface area contributed by atoms with E-state index in [1.807, 2.05) is 24.3 Å². The van der Waals surface area contributed by atoms with Gasteiger partial charge in [-0.05, 0) is 66.6 Å². The lowest BCUT2D eigenvalue weighted by Crippen LogP contribution is -2.23. The van der Waals surface area contributed by atoms with Gasteiger partial charge in [0.1, 0.15) is 5.82 Å². The van der Waals surface area contributed by atoms with Crippen molar-refractivity contribution in [3.8, 4) is 26.6 Å². The summed E-state index contributed by atoms with van der Waals surface area (Å²) in [5.41, 5.74) is 3.93. The summed E-state index contributed by atoms with van der Waals surface area (Å²) in [6.07, 6.45) is 6.08. The largest absolute Gasteiger partial charge is 0.481 e. The molecule has 0 spiro atoms. The first-order valence-corrected chi connectivity index (χ1v) is 10.2. The van der Waals surface area contributed by atoms with Crippen LogP contribution >= 0.6 is 11.3 Å². The summed E-state index contributed by atoms with van der Waals surface area (Å²) in [5, 5.41) is 0.889. The molecule has 0 unspecified atom stereocenters. The number of ether oxygens (including phenoxy) is 1. The fourth-order valence-corrected chi connectivity index (χ4v) is 4.18. The predicted octanol–water partition coefficient (Wildman–Crippen LogP) is 7.11. The Morgan fingerprint density at radius 2 is 1.77 bits per heavy atom. The van der Waals surface area contributed by atoms with Crippen LogP contribution in [0.3, 0.4) is 0 Å². The van der Waals surface area contributed by atoms with Crippen LogP contribution in [0.25, 0.3) is 21.6 Å². The first kappa shape index (κ1) is 17.3. The molecule has 1 saturated carbocycles. The van der Waals surface area contributed by atoms with Crippen molar-refractivity contribution >= 4 is 11.3 Å². The minimum atomic E-state index is -0.183. The highest BCUT2D eigenvalue weighted by Crippen LogP contribution is 2.37. The van der Waals surface area contributed by atoms with Crippen LogP contribution in [0.15, 0.2) is 54.6 Å². The van der Waals surface area contributed by atoms with E-state index >= 15 is 0 Å². The van der Waals surface area contributed by atoms with Crippen LogP contribution in [-0.4, -0.2) is 6.10 Å².